The lowest BCUT2D eigenvalue weighted by Gasteiger charge is -2.62. The average molecular weight is 661 g/mol. The Morgan fingerprint density at radius 3 is 2.28 bits per heavy atom. The van der Waals surface area contributed by atoms with Crippen molar-refractivity contribution in [3.05, 3.63) is 0 Å². The first kappa shape index (κ1) is 34.4. The average Bonchev–Trinajstić information content (AvgIpc) is 3.61. The first-order valence-electron chi connectivity index (χ1n) is 18.4. The second kappa shape index (κ2) is 10.7. The van der Waals surface area contributed by atoms with Crippen LogP contribution in [0.25, 0.3) is 0 Å². The Kier molecular flexibility index (Phi) is 7.83. The number of ketones is 1. The van der Waals surface area contributed by atoms with Crippen molar-refractivity contribution in [2.45, 2.75) is 163 Å². The number of carbonyl (C=O) groups is 2. The van der Waals surface area contributed by atoms with Gasteiger partial charge in [0.15, 0.2) is 12.1 Å². The molecule has 7 rings (SSSR count). The van der Waals surface area contributed by atoms with Crippen LogP contribution in [-0.4, -0.2) is 82.7 Å². The van der Waals surface area contributed by atoms with Crippen LogP contribution in [0.2, 0.25) is 0 Å². The summed E-state index contributed by atoms with van der Waals surface area (Å²) in [5.74, 6) is 1.11. The normalized spacial score (nSPS) is 53.9. The molecule has 3 N–H and O–H groups in total. The van der Waals surface area contributed by atoms with Crippen LogP contribution in [0.3, 0.4) is 0 Å². The molecule has 2 saturated heterocycles. The van der Waals surface area contributed by atoms with Crippen LogP contribution in [0.15, 0.2) is 0 Å². The lowest BCUT2D eigenvalue weighted by molar-refractivity contribution is -0.302. The molecule has 0 bridgehead atoms. The lowest BCUT2D eigenvalue weighted by Crippen LogP contribution is -2.60. The fourth-order valence-corrected chi connectivity index (χ4v) is 13.5. The van der Waals surface area contributed by atoms with Gasteiger partial charge in [0, 0.05) is 23.7 Å². The van der Waals surface area contributed by atoms with Crippen molar-refractivity contribution in [1.82, 2.24) is 0 Å². The standard InChI is InChI=1S/C38H60O9/c1-19-16-22(31(33(3,4)5)45-20(2)39)46-29-26(19)35(8)14-15-38-18-37(38)13-12-25(47-32-28(42)27(41)21(40)17-44-32)34(6,7)23(37)10-11-24(38)36(35,9)30(29)43/h19,21-29,31-32,40-42H,10-18H2,1-9H3/t19-,21?,22?,23+,24?,25+,26+,27+,28-,29?,31+,32+,35-,36-,37?,38+/m1/s1. The number of esters is 1. The van der Waals surface area contributed by atoms with Crippen molar-refractivity contribution < 1.29 is 43.9 Å². The first-order valence-corrected chi connectivity index (χ1v) is 18.4. The number of aliphatic hydroxyl groups excluding tert-OH is 3. The molecule has 2 aliphatic heterocycles. The molecule has 0 radical (unpaired) electrons. The summed E-state index contributed by atoms with van der Waals surface area (Å²) < 4.78 is 24.9. The van der Waals surface area contributed by atoms with Crippen LogP contribution in [-0.2, 0) is 28.5 Å². The summed E-state index contributed by atoms with van der Waals surface area (Å²) in [5, 5.41) is 30.8. The van der Waals surface area contributed by atoms with Gasteiger partial charge in [0.1, 0.15) is 30.5 Å². The van der Waals surface area contributed by atoms with Gasteiger partial charge in [-0.3, -0.25) is 9.59 Å². The van der Waals surface area contributed by atoms with Gasteiger partial charge in [0.25, 0.3) is 0 Å². The Morgan fingerprint density at radius 1 is 0.957 bits per heavy atom. The van der Waals surface area contributed by atoms with Crippen molar-refractivity contribution in [3.8, 4) is 0 Å². The summed E-state index contributed by atoms with van der Waals surface area (Å²) in [6.45, 7) is 19.2. The fourth-order valence-electron chi connectivity index (χ4n) is 13.5. The van der Waals surface area contributed by atoms with E-state index in [0.29, 0.717) is 11.8 Å². The van der Waals surface area contributed by atoms with Crippen LogP contribution in [0.4, 0.5) is 0 Å². The molecule has 2 heterocycles. The third kappa shape index (κ3) is 4.47. The maximum Gasteiger partial charge on any atom is 0.303 e. The minimum atomic E-state index is -1.29. The molecule has 0 amide bonds. The van der Waals surface area contributed by atoms with Crippen LogP contribution in [0, 0.1) is 56.2 Å². The summed E-state index contributed by atoms with van der Waals surface area (Å²) in [6, 6.07) is 0. The van der Waals surface area contributed by atoms with Crippen molar-refractivity contribution >= 4 is 11.8 Å². The molecule has 0 aromatic carbocycles. The molecule has 5 saturated carbocycles. The van der Waals surface area contributed by atoms with E-state index >= 15 is 4.79 Å². The third-order valence-electron chi connectivity index (χ3n) is 15.7. The second-order valence-corrected chi connectivity index (χ2v) is 19.1. The highest BCUT2D eigenvalue weighted by atomic mass is 16.7. The van der Waals surface area contributed by atoms with E-state index < -0.39 is 42.2 Å². The number of fused-ring (bicyclic) bond motifs is 4. The number of aliphatic hydroxyl groups is 3. The zero-order chi connectivity index (χ0) is 34.3. The highest BCUT2D eigenvalue weighted by Gasteiger charge is 2.85. The summed E-state index contributed by atoms with van der Waals surface area (Å²) in [5.41, 5.74) is -0.835. The van der Waals surface area contributed by atoms with Gasteiger partial charge in [-0.15, -0.1) is 0 Å². The zero-order valence-corrected chi connectivity index (χ0v) is 30.1. The van der Waals surface area contributed by atoms with E-state index in [4.69, 9.17) is 18.9 Å². The molecular weight excluding hydrogens is 600 g/mol. The molecule has 16 atom stereocenters. The van der Waals surface area contributed by atoms with E-state index in [1.165, 1.54) is 6.92 Å². The van der Waals surface area contributed by atoms with E-state index in [2.05, 4.69) is 55.4 Å². The molecule has 47 heavy (non-hydrogen) atoms. The second-order valence-electron chi connectivity index (χ2n) is 19.1. The van der Waals surface area contributed by atoms with E-state index in [1.54, 1.807) is 0 Å². The Balaban J connectivity index is 1.15. The van der Waals surface area contributed by atoms with E-state index in [1.807, 2.05) is 0 Å². The molecule has 5 aliphatic carbocycles. The molecular formula is C38H60O9. The van der Waals surface area contributed by atoms with Gasteiger partial charge in [-0.05, 0) is 90.8 Å². The molecule has 5 unspecified atom stereocenters. The van der Waals surface area contributed by atoms with Gasteiger partial charge in [-0.25, -0.2) is 0 Å². The number of carbonyl (C=O) groups excluding carboxylic acids is 2. The summed E-state index contributed by atoms with van der Waals surface area (Å²) in [6.07, 6.45) is 1.98. The Morgan fingerprint density at radius 2 is 1.62 bits per heavy atom. The summed E-state index contributed by atoms with van der Waals surface area (Å²) in [4.78, 5) is 27.2. The molecule has 9 heteroatoms. The van der Waals surface area contributed by atoms with E-state index in [9.17, 15) is 20.1 Å². The number of hydrogen-bond donors (Lipinski definition) is 3. The molecule has 7 fully saturated rings. The van der Waals surface area contributed by atoms with Gasteiger partial charge < -0.3 is 34.3 Å². The fraction of sp³-hybridized carbons (Fsp3) is 0.947. The highest BCUT2D eigenvalue weighted by molar-refractivity contribution is 5.93. The van der Waals surface area contributed by atoms with Crippen LogP contribution >= 0.6 is 0 Å². The molecule has 7 aliphatic rings. The van der Waals surface area contributed by atoms with Gasteiger partial charge in [-0.2, -0.15) is 0 Å². The van der Waals surface area contributed by atoms with Crippen LogP contribution in [0.1, 0.15) is 114 Å². The Hall–Kier alpha value is -1.10. The molecule has 266 valence electrons. The number of hydrogen-bond acceptors (Lipinski definition) is 9. The summed E-state index contributed by atoms with van der Waals surface area (Å²) in [7, 11) is 0. The SMILES string of the molecule is CC(=O)O[C@@H](C1C[C@@H](C)[C@H]2C(O1)C(=O)[C@@]1(C)C3CC[C@H]4C(C)(C)[C@@H](O[C@@H]5OCC(O)[C@H](O)[C@H]5O)CCC45C[C@@]35CC[C@]21C)C(C)(C)C. The maximum atomic E-state index is 15.0. The predicted octanol–water partition coefficient (Wildman–Crippen LogP) is 4.81. The Bertz CT molecular complexity index is 1290. The summed E-state index contributed by atoms with van der Waals surface area (Å²) >= 11 is 0. The molecule has 2 spiro atoms. The molecule has 9 nitrogen and oxygen atoms in total. The quantitative estimate of drug-likeness (QED) is 0.287. The van der Waals surface area contributed by atoms with E-state index in [0.717, 1.165) is 51.4 Å². The molecule has 0 aromatic heterocycles. The topological polar surface area (TPSA) is 132 Å². The minimum Gasteiger partial charge on any atom is -0.459 e. The van der Waals surface area contributed by atoms with E-state index in [-0.39, 0.29) is 69.5 Å². The molecule has 0 aromatic rings. The van der Waals surface area contributed by atoms with Crippen molar-refractivity contribution in [3.63, 3.8) is 0 Å². The van der Waals surface area contributed by atoms with Crippen molar-refractivity contribution in [2.24, 2.45) is 56.2 Å². The largest absolute Gasteiger partial charge is 0.459 e. The van der Waals surface area contributed by atoms with Gasteiger partial charge >= 0.3 is 5.97 Å². The zero-order valence-electron chi connectivity index (χ0n) is 30.1. The number of ether oxygens (including phenoxy) is 4. The smallest absolute Gasteiger partial charge is 0.303 e. The number of Topliss-reactive ketones (excluding diaryl/α,β-unsaturated/α-hetero) is 1. The third-order valence-corrected chi connectivity index (χ3v) is 15.7. The monoisotopic (exact) mass is 660 g/mol. The van der Waals surface area contributed by atoms with Crippen LogP contribution < -0.4 is 0 Å². The van der Waals surface area contributed by atoms with Gasteiger partial charge in [0.05, 0.1) is 18.8 Å². The number of rotatable bonds is 4. The highest BCUT2D eigenvalue weighted by Crippen LogP contribution is 2.89. The Labute approximate surface area is 280 Å². The minimum absolute atomic E-state index is 0.0642. The van der Waals surface area contributed by atoms with Gasteiger partial charge in [0.2, 0.25) is 0 Å². The van der Waals surface area contributed by atoms with Gasteiger partial charge in [-0.1, -0.05) is 55.4 Å². The van der Waals surface area contributed by atoms with Crippen molar-refractivity contribution in [1.29, 1.82) is 0 Å². The van der Waals surface area contributed by atoms with Crippen LogP contribution in [0.5, 0.6) is 0 Å². The maximum absolute atomic E-state index is 15.0. The first-order chi connectivity index (χ1) is 21.8. The lowest BCUT2D eigenvalue weighted by atomic mass is 9.41. The predicted molar refractivity (Wildman–Crippen MR) is 173 cm³/mol. The van der Waals surface area contributed by atoms with Crippen molar-refractivity contribution in [2.75, 3.05) is 6.61 Å².